The smallest absolute Gasteiger partial charge is 0.319 e. The molecule has 1 aromatic carbocycles. The Morgan fingerprint density at radius 3 is 2.35 bits per heavy atom. The SMILES string of the molecule is CC(NC(=O)Nc1ccc(C(=O)NC2CCCC2)cc1)c1ccncc1. The molecule has 136 valence electrons. The molecule has 1 saturated carbocycles. The maximum atomic E-state index is 12.2. The van der Waals surface area contributed by atoms with Crippen LogP contribution in [0.1, 0.15) is 54.6 Å². The highest BCUT2D eigenvalue weighted by Crippen LogP contribution is 2.18. The Labute approximate surface area is 153 Å². The van der Waals surface area contributed by atoms with Crippen LogP contribution in [-0.2, 0) is 0 Å². The van der Waals surface area contributed by atoms with Crippen LogP contribution in [0.25, 0.3) is 0 Å². The number of rotatable bonds is 5. The lowest BCUT2D eigenvalue weighted by molar-refractivity contribution is 0.0938. The van der Waals surface area contributed by atoms with Crippen LogP contribution in [-0.4, -0.2) is 23.0 Å². The first-order valence-electron chi connectivity index (χ1n) is 9.00. The average molecular weight is 352 g/mol. The van der Waals surface area contributed by atoms with E-state index >= 15 is 0 Å². The summed E-state index contributed by atoms with van der Waals surface area (Å²) < 4.78 is 0. The third kappa shape index (κ3) is 4.81. The van der Waals surface area contributed by atoms with Crippen molar-refractivity contribution in [3.05, 3.63) is 59.9 Å². The average Bonchev–Trinajstić information content (AvgIpc) is 3.16. The molecule has 1 aliphatic rings. The molecule has 0 aliphatic heterocycles. The van der Waals surface area contributed by atoms with Crippen LogP contribution >= 0.6 is 0 Å². The van der Waals surface area contributed by atoms with Crippen molar-refractivity contribution in [3.63, 3.8) is 0 Å². The molecule has 1 aliphatic carbocycles. The first-order valence-corrected chi connectivity index (χ1v) is 9.00. The van der Waals surface area contributed by atoms with Gasteiger partial charge in [0.25, 0.3) is 5.91 Å². The molecule has 0 radical (unpaired) electrons. The fourth-order valence-corrected chi connectivity index (χ4v) is 3.14. The summed E-state index contributed by atoms with van der Waals surface area (Å²) >= 11 is 0. The van der Waals surface area contributed by atoms with Gasteiger partial charge in [0.2, 0.25) is 0 Å². The van der Waals surface area contributed by atoms with Crippen molar-refractivity contribution in [3.8, 4) is 0 Å². The second-order valence-corrected chi connectivity index (χ2v) is 6.63. The van der Waals surface area contributed by atoms with Crippen LogP contribution in [0.4, 0.5) is 10.5 Å². The molecule has 1 fully saturated rings. The highest BCUT2D eigenvalue weighted by molar-refractivity contribution is 5.95. The zero-order valence-electron chi connectivity index (χ0n) is 14.9. The minimum Gasteiger partial charge on any atom is -0.349 e. The summed E-state index contributed by atoms with van der Waals surface area (Å²) in [5.41, 5.74) is 2.23. The Bertz CT molecular complexity index is 740. The minimum absolute atomic E-state index is 0.0563. The largest absolute Gasteiger partial charge is 0.349 e. The van der Waals surface area contributed by atoms with E-state index in [1.807, 2.05) is 19.1 Å². The highest BCUT2D eigenvalue weighted by Gasteiger charge is 2.18. The fourth-order valence-electron chi connectivity index (χ4n) is 3.14. The minimum atomic E-state index is -0.294. The zero-order chi connectivity index (χ0) is 18.4. The Morgan fingerprint density at radius 1 is 1.04 bits per heavy atom. The third-order valence-corrected chi connectivity index (χ3v) is 4.65. The number of carbonyl (C=O) groups excluding carboxylic acids is 2. The monoisotopic (exact) mass is 352 g/mol. The summed E-state index contributed by atoms with van der Waals surface area (Å²) in [4.78, 5) is 28.3. The molecule has 3 amide bonds. The lowest BCUT2D eigenvalue weighted by Crippen LogP contribution is -2.32. The number of hydrogen-bond donors (Lipinski definition) is 3. The number of urea groups is 1. The van der Waals surface area contributed by atoms with E-state index in [4.69, 9.17) is 0 Å². The number of hydrogen-bond acceptors (Lipinski definition) is 3. The molecule has 0 bridgehead atoms. The van der Waals surface area contributed by atoms with Gasteiger partial charge in [-0.2, -0.15) is 0 Å². The lowest BCUT2D eigenvalue weighted by atomic mass is 10.1. The van der Waals surface area contributed by atoms with Crippen molar-refractivity contribution < 1.29 is 9.59 Å². The van der Waals surface area contributed by atoms with Crippen LogP contribution in [0.5, 0.6) is 0 Å². The number of nitrogens with zero attached hydrogens (tertiary/aromatic N) is 1. The van der Waals surface area contributed by atoms with Crippen molar-refractivity contribution >= 4 is 17.6 Å². The maximum Gasteiger partial charge on any atom is 0.319 e. The molecule has 1 heterocycles. The van der Waals surface area contributed by atoms with Gasteiger partial charge >= 0.3 is 6.03 Å². The molecule has 6 nitrogen and oxygen atoms in total. The maximum absolute atomic E-state index is 12.2. The molecule has 3 N–H and O–H groups in total. The standard InChI is InChI=1S/C20H24N4O2/c1-14(15-10-12-21-13-11-15)22-20(26)24-18-8-6-16(7-9-18)19(25)23-17-4-2-3-5-17/h6-14,17H,2-5H2,1H3,(H,23,25)(H2,22,24,26). The van der Waals surface area contributed by atoms with E-state index in [-0.39, 0.29) is 18.0 Å². The molecule has 3 rings (SSSR count). The van der Waals surface area contributed by atoms with Gasteiger partial charge < -0.3 is 16.0 Å². The molecular weight excluding hydrogens is 328 g/mol. The zero-order valence-corrected chi connectivity index (χ0v) is 14.9. The number of benzene rings is 1. The Kier molecular flexibility index (Phi) is 5.84. The molecule has 26 heavy (non-hydrogen) atoms. The summed E-state index contributed by atoms with van der Waals surface area (Å²) in [6, 6.07) is 10.5. The van der Waals surface area contributed by atoms with Crippen LogP contribution in [0.2, 0.25) is 0 Å². The van der Waals surface area contributed by atoms with Gasteiger partial charge in [-0.15, -0.1) is 0 Å². The van der Waals surface area contributed by atoms with E-state index in [1.165, 1.54) is 12.8 Å². The Morgan fingerprint density at radius 2 is 1.69 bits per heavy atom. The van der Waals surface area contributed by atoms with Gasteiger partial charge in [-0.1, -0.05) is 12.8 Å². The lowest BCUT2D eigenvalue weighted by Gasteiger charge is -2.15. The van der Waals surface area contributed by atoms with E-state index < -0.39 is 0 Å². The van der Waals surface area contributed by atoms with Gasteiger partial charge in [-0.05, 0) is 61.7 Å². The summed E-state index contributed by atoms with van der Waals surface area (Å²) in [5.74, 6) is -0.0563. The number of pyridine rings is 1. The summed E-state index contributed by atoms with van der Waals surface area (Å²) in [6.45, 7) is 1.91. The number of aromatic nitrogens is 1. The van der Waals surface area contributed by atoms with Crippen molar-refractivity contribution in [1.29, 1.82) is 0 Å². The second kappa shape index (κ2) is 8.47. The van der Waals surface area contributed by atoms with Gasteiger partial charge in [0.05, 0.1) is 6.04 Å². The van der Waals surface area contributed by atoms with E-state index in [2.05, 4.69) is 20.9 Å². The number of nitrogens with one attached hydrogen (secondary N) is 3. The molecular formula is C20H24N4O2. The van der Waals surface area contributed by atoms with Crippen LogP contribution in [0, 0.1) is 0 Å². The van der Waals surface area contributed by atoms with Gasteiger partial charge in [-0.25, -0.2) is 4.79 Å². The molecule has 1 atom stereocenters. The van der Waals surface area contributed by atoms with Crippen molar-refractivity contribution in [1.82, 2.24) is 15.6 Å². The van der Waals surface area contributed by atoms with Gasteiger partial charge in [0, 0.05) is 29.7 Å². The van der Waals surface area contributed by atoms with E-state index in [0.717, 1.165) is 18.4 Å². The highest BCUT2D eigenvalue weighted by atomic mass is 16.2. The first kappa shape index (κ1) is 17.9. The molecule has 1 aromatic heterocycles. The fraction of sp³-hybridized carbons (Fsp3) is 0.350. The van der Waals surface area contributed by atoms with Crippen LogP contribution < -0.4 is 16.0 Å². The predicted molar refractivity (Wildman–Crippen MR) is 101 cm³/mol. The van der Waals surface area contributed by atoms with E-state index in [1.54, 1.807) is 36.7 Å². The normalized spacial score (nSPS) is 15.3. The van der Waals surface area contributed by atoms with Gasteiger partial charge in [0.15, 0.2) is 0 Å². The van der Waals surface area contributed by atoms with E-state index in [0.29, 0.717) is 17.3 Å². The summed E-state index contributed by atoms with van der Waals surface area (Å²) in [7, 11) is 0. The number of amides is 3. The Balaban J connectivity index is 1.51. The predicted octanol–water partition coefficient (Wildman–Crippen LogP) is 3.64. The van der Waals surface area contributed by atoms with Crippen LogP contribution in [0.3, 0.4) is 0 Å². The number of anilines is 1. The molecule has 6 heteroatoms. The van der Waals surface area contributed by atoms with Crippen molar-refractivity contribution in [2.75, 3.05) is 5.32 Å². The van der Waals surface area contributed by atoms with Gasteiger partial charge in [0.1, 0.15) is 0 Å². The van der Waals surface area contributed by atoms with Gasteiger partial charge in [-0.3, -0.25) is 9.78 Å². The molecule has 0 spiro atoms. The Hall–Kier alpha value is -2.89. The van der Waals surface area contributed by atoms with Crippen molar-refractivity contribution in [2.24, 2.45) is 0 Å². The second-order valence-electron chi connectivity index (χ2n) is 6.63. The van der Waals surface area contributed by atoms with Crippen LogP contribution in [0.15, 0.2) is 48.8 Å². The molecule has 1 unspecified atom stereocenters. The first-order chi connectivity index (χ1) is 12.6. The van der Waals surface area contributed by atoms with E-state index in [9.17, 15) is 9.59 Å². The van der Waals surface area contributed by atoms with Crippen molar-refractivity contribution in [2.45, 2.75) is 44.7 Å². The molecule has 0 saturated heterocycles. The quantitative estimate of drug-likeness (QED) is 0.768. The number of carbonyl (C=O) groups is 2. The topological polar surface area (TPSA) is 83.1 Å². The summed E-state index contributed by atoms with van der Waals surface area (Å²) in [6.07, 6.45) is 7.87. The summed E-state index contributed by atoms with van der Waals surface area (Å²) in [5, 5.41) is 8.71. The molecule has 2 aromatic rings. The third-order valence-electron chi connectivity index (χ3n) is 4.65.